The molecule has 1 N–H and O–H groups in total. The number of ether oxygens (including phenoxy) is 1. The zero-order chi connectivity index (χ0) is 16.4. The van der Waals surface area contributed by atoms with Crippen LogP contribution in [-0.4, -0.2) is 63.6 Å². The third-order valence-corrected chi connectivity index (χ3v) is 3.46. The Bertz CT molecular complexity index is 737. The van der Waals surface area contributed by atoms with Gasteiger partial charge in [0.05, 0.1) is 13.1 Å². The zero-order valence-electron chi connectivity index (χ0n) is 12.8. The third-order valence-electron chi connectivity index (χ3n) is 3.46. The lowest BCUT2D eigenvalue weighted by Gasteiger charge is -2.22. The van der Waals surface area contributed by atoms with E-state index in [0.717, 1.165) is 0 Å². The van der Waals surface area contributed by atoms with Gasteiger partial charge in [0.1, 0.15) is 18.0 Å². The van der Waals surface area contributed by atoms with Gasteiger partial charge in [0.25, 0.3) is 17.7 Å². The fraction of sp³-hybridized carbons (Fsp3) is 0.462. The molecule has 1 aliphatic heterocycles. The van der Waals surface area contributed by atoms with Gasteiger partial charge < -0.3 is 15.0 Å². The fourth-order valence-corrected chi connectivity index (χ4v) is 2.17. The second kappa shape index (κ2) is 6.07. The number of nitrogens with zero attached hydrogens (tertiary/aromatic N) is 5. The Morgan fingerprint density at radius 3 is 3.00 bits per heavy atom. The molecule has 0 spiro atoms. The number of likely N-dealkylation sites (N-methyl/N-ethyl adjacent to an activating group) is 1. The highest BCUT2D eigenvalue weighted by atomic mass is 16.6. The number of carbonyl (C=O) groups is 2. The SMILES string of the molecule is Cc1nonc1OCCNC(=O)c1cc2n(n1)CCN(C)C2=O. The molecule has 0 unspecified atom stereocenters. The lowest BCUT2D eigenvalue weighted by atomic mass is 10.2. The number of fused-ring (bicyclic) bond motifs is 1. The molecule has 2 aromatic heterocycles. The van der Waals surface area contributed by atoms with Crippen molar-refractivity contribution in [3.8, 4) is 5.88 Å². The number of aromatic nitrogens is 4. The molecule has 3 rings (SSSR count). The van der Waals surface area contributed by atoms with E-state index in [9.17, 15) is 9.59 Å². The average Bonchev–Trinajstić information content (AvgIpc) is 3.14. The second-order valence-electron chi connectivity index (χ2n) is 5.12. The summed E-state index contributed by atoms with van der Waals surface area (Å²) in [4.78, 5) is 25.6. The summed E-state index contributed by atoms with van der Waals surface area (Å²) in [7, 11) is 1.72. The predicted molar refractivity (Wildman–Crippen MR) is 76.1 cm³/mol. The van der Waals surface area contributed by atoms with Crippen molar-refractivity contribution < 1.29 is 19.0 Å². The molecule has 10 nitrogen and oxygen atoms in total. The molecule has 0 saturated heterocycles. The highest BCUT2D eigenvalue weighted by Crippen LogP contribution is 2.12. The monoisotopic (exact) mass is 320 g/mol. The van der Waals surface area contributed by atoms with Crippen molar-refractivity contribution in [2.45, 2.75) is 13.5 Å². The van der Waals surface area contributed by atoms with Gasteiger partial charge in [-0.2, -0.15) is 5.10 Å². The van der Waals surface area contributed by atoms with Crippen LogP contribution < -0.4 is 10.1 Å². The van der Waals surface area contributed by atoms with Crippen LogP contribution in [-0.2, 0) is 6.54 Å². The maximum absolute atomic E-state index is 12.1. The van der Waals surface area contributed by atoms with Crippen LogP contribution in [0, 0.1) is 6.92 Å². The van der Waals surface area contributed by atoms with Crippen LogP contribution in [0.5, 0.6) is 5.88 Å². The Labute approximate surface area is 131 Å². The molecule has 0 aromatic carbocycles. The first-order valence-corrected chi connectivity index (χ1v) is 7.09. The molecule has 2 aromatic rings. The molecule has 10 heteroatoms. The van der Waals surface area contributed by atoms with E-state index in [1.54, 1.807) is 23.6 Å². The van der Waals surface area contributed by atoms with Crippen LogP contribution in [0.1, 0.15) is 26.7 Å². The van der Waals surface area contributed by atoms with E-state index in [-0.39, 0.29) is 30.7 Å². The molecule has 122 valence electrons. The normalized spacial score (nSPS) is 13.8. The summed E-state index contributed by atoms with van der Waals surface area (Å²) in [6.45, 7) is 3.34. The van der Waals surface area contributed by atoms with Crippen molar-refractivity contribution in [3.63, 3.8) is 0 Å². The van der Waals surface area contributed by atoms with Crippen LogP contribution in [0.25, 0.3) is 0 Å². The van der Waals surface area contributed by atoms with Crippen LogP contribution in [0.4, 0.5) is 0 Å². The Morgan fingerprint density at radius 1 is 1.43 bits per heavy atom. The highest BCUT2D eigenvalue weighted by Gasteiger charge is 2.25. The van der Waals surface area contributed by atoms with Crippen molar-refractivity contribution in [3.05, 3.63) is 23.1 Å². The summed E-state index contributed by atoms with van der Waals surface area (Å²) in [5, 5.41) is 14.0. The molecule has 1 aliphatic rings. The largest absolute Gasteiger partial charge is 0.472 e. The van der Waals surface area contributed by atoms with Gasteiger partial charge in [-0.1, -0.05) is 5.16 Å². The number of aryl methyl sites for hydroxylation is 1. The first kappa shape index (κ1) is 15.0. The van der Waals surface area contributed by atoms with Crippen molar-refractivity contribution in [1.29, 1.82) is 0 Å². The number of amides is 2. The Balaban J connectivity index is 1.54. The number of hydrogen-bond donors (Lipinski definition) is 1. The smallest absolute Gasteiger partial charge is 0.278 e. The molecule has 0 saturated carbocycles. The minimum Gasteiger partial charge on any atom is -0.472 e. The topological polar surface area (TPSA) is 115 Å². The average molecular weight is 320 g/mol. The molecular weight excluding hydrogens is 304 g/mol. The lowest BCUT2D eigenvalue weighted by Crippen LogP contribution is -2.37. The molecule has 2 amide bonds. The van der Waals surface area contributed by atoms with Gasteiger partial charge >= 0.3 is 0 Å². The van der Waals surface area contributed by atoms with Gasteiger partial charge in [-0.3, -0.25) is 14.3 Å². The molecule has 23 heavy (non-hydrogen) atoms. The summed E-state index contributed by atoms with van der Waals surface area (Å²) in [5.41, 5.74) is 1.17. The molecule has 0 aliphatic carbocycles. The van der Waals surface area contributed by atoms with Crippen molar-refractivity contribution >= 4 is 11.8 Å². The Morgan fingerprint density at radius 2 is 2.26 bits per heavy atom. The first-order chi connectivity index (χ1) is 11.1. The number of carbonyl (C=O) groups excluding carboxylic acids is 2. The summed E-state index contributed by atoms with van der Waals surface area (Å²) in [6, 6.07) is 1.50. The molecular formula is C13H16N6O4. The molecule has 3 heterocycles. The zero-order valence-corrected chi connectivity index (χ0v) is 12.8. The molecule has 0 atom stereocenters. The fourth-order valence-electron chi connectivity index (χ4n) is 2.17. The predicted octanol–water partition coefficient (Wildman–Crippen LogP) is -0.531. The van der Waals surface area contributed by atoms with E-state index in [1.807, 2.05) is 0 Å². The molecule has 0 bridgehead atoms. The summed E-state index contributed by atoms with van der Waals surface area (Å²) in [5.74, 6) is -0.202. The van der Waals surface area contributed by atoms with Crippen molar-refractivity contribution in [1.82, 2.24) is 30.3 Å². The van der Waals surface area contributed by atoms with Gasteiger partial charge in [-0.25, -0.2) is 4.63 Å². The number of rotatable bonds is 5. The van der Waals surface area contributed by atoms with Gasteiger partial charge in [0.15, 0.2) is 5.69 Å². The Kier molecular flexibility index (Phi) is 3.96. The molecule has 0 fully saturated rings. The minimum absolute atomic E-state index is 0.139. The first-order valence-electron chi connectivity index (χ1n) is 7.09. The van der Waals surface area contributed by atoms with Gasteiger partial charge in [-0.15, -0.1) is 0 Å². The van der Waals surface area contributed by atoms with Gasteiger partial charge in [-0.05, 0) is 12.1 Å². The highest BCUT2D eigenvalue weighted by molar-refractivity contribution is 5.98. The Hall–Kier alpha value is -2.91. The van der Waals surface area contributed by atoms with Crippen LogP contribution in [0.3, 0.4) is 0 Å². The minimum atomic E-state index is -0.360. The quantitative estimate of drug-likeness (QED) is 0.736. The summed E-state index contributed by atoms with van der Waals surface area (Å²) < 4.78 is 11.4. The third kappa shape index (κ3) is 3.00. The standard InChI is InChI=1S/C13H16N6O4/c1-8-12(17-23-16-8)22-6-3-14-11(20)9-7-10-13(21)18(2)4-5-19(10)15-9/h7H,3-6H2,1-2H3,(H,14,20). The molecule has 0 radical (unpaired) electrons. The van der Waals surface area contributed by atoms with E-state index in [4.69, 9.17) is 4.74 Å². The van der Waals surface area contributed by atoms with E-state index < -0.39 is 0 Å². The van der Waals surface area contributed by atoms with E-state index in [2.05, 4.69) is 25.4 Å². The van der Waals surface area contributed by atoms with E-state index >= 15 is 0 Å². The van der Waals surface area contributed by atoms with Crippen LogP contribution >= 0.6 is 0 Å². The van der Waals surface area contributed by atoms with Crippen molar-refractivity contribution in [2.24, 2.45) is 0 Å². The maximum Gasteiger partial charge on any atom is 0.278 e. The lowest BCUT2D eigenvalue weighted by molar-refractivity contribution is 0.0742. The number of hydrogen-bond acceptors (Lipinski definition) is 7. The van der Waals surface area contributed by atoms with Crippen LogP contribution in [0.2, 0.25) is 0 Å². The van der Waals surface area contributed by atoms with Crippen LogP contribution in [0.15, 0.2) is 10.7 Å². The van der Waals surface area contributed by atoms with E-state index in [0.29, 0.717) is 30.4 Å². The maximum atomic E-state index is 12.1. The van der Waals surface area contributed by atoms with Gasteiger partial charge in [0, 0.05) is 19.7 Å². The second-order valence-corrected chi connectivity index (χ2v) is 5.12. The summed E-state index contributed by atoms with van der Waals surface area (Å²) in [6.07, 6.45) is 0. The van der Waals surface area contributed by atoms with Gasteiger partial charge in [0.2, 0.25) is 0 Å². The van der Waals surface area contributed by atoms with E-state index in [1.165, 1.54) is 6.07 Å². The number of nitrogens with one attached hydrogen (secondary N) is 1. The summed E-state index contributed by atoms with van der Waals surface area (Å²) >= 11 is 0. The van der Waals surface area contributed by atoms with Crippen molar-refractivity contribution in [2.75, 3.05) is 26.7 Å².